The van der Waals surface area contributed by atoms with E-state index >= 15 is 0 Å². The highest BCUT2D eigenvalue weighted by molar-refractivity contribution is 5.84. The van der Waals surface area contributed by atoms with Crippen molar-refractivity contribution in [2.75, 3.05) is 19.6 Å². The Balaban J connectivity index is 1.34. The zero-order valence-electron chi connectivity index (χ0n) is 20.9. The van der Waals surface area contributed by atoms with Crippen molar-refractivity contribution in [2.45, 2.75) is 50.9 Å². The number of fused-ring (bicyclic) bond motifs is 2. The number of rotatable bonds is 5. The molecule has 2 aliphatic heterocycles. The van der Waals surface area contributed by atoms with Crippen molar-refractivity contribution in [2.24, 2.45) is 0 Å². The number of aromatic nitrogens is 1. The number of likely N-dealkylation sites (tertiary alicyclic amines) is 1. The molecule has 1 fully saturated rings. The molecule has 3 heterocycles. The average molecular weight is 489 g/mol. The molecule has 3 aromatic rings. The lowest BCUT2D eigenvalue weighted by atomic mass is 9.84. The second-order valence-electron chi connectivity index (χ2n) is 10.3. The maximum absolute atomic E-state index is 13.3. The fourth-order valence-electron chi connectivity index (χ4n) is 5.14. The maximum Gasteiger partial charge on any atom is 0.131 e. The molecule has 0 aliphatic carbocycles. The van der Waals surface area contributed by atoms with Crippen LogP contribution < -0.4 is 4.74 Å². The van der Waals surface area contributed by atoms with E-state index in [4.69, 9.17) is 4.74 Å². The largest absolute Gasteiger partial charge is 0.487 e. The van der Waals surface area contributed by atoms with E-state index in [1.54, 1.807) is 32.2 Å². The topological polar surface area (TPSA) is 65.8 Å². The van der Waals surface area contributed by atoms with E-state index in [-0.39, 0.29) is 5.82 Å². The molecule has 0 bridgehead atoms. The van der Waals surface area contributed by atoms with Gasteiger partial charge in [-0.15, -0.1) is 0 Å². The molecule has 5 nitrogen and oxygen atoms in total. The Morgan fingerprint density at radius 3 is 2.56 bits per heavy atom. The molecule has 5 rings (SSSR count). The minimum absolute atomic E-state index is 0.287. The van der Waals surface area contributed by atoms with Crippen LogP contribution in [0.2, 0.25) is 0 Å². The molecule has 1 saturated heterocycles. The number of nitrogens with zero attached hydrogens (tertiary/aromatic N) is 2. The van der Waals surface area contributed by atoms with E-state index in [0.717, 1.165) is 65.3 Å². The number of piperidine rings is 1. The van der Waals surface area contributed by atoms with Gasteiger partial charge in [-0.25, -0.2) is 4.39 Å². The Morgan fingerprint density at radius 1 is 1.08 bits per heavy atom. The molecule has 0 saturated carbocycles. The first-order chi connectivity index (χ1) is 17.2. The van der Waals surface area contributed by atoms with Gasteiger partial charge < -0.3 is 19.8 Å². The van der Waals surface area contributed by atoms with Gasteiger partial charge in [-0.1, -0.05) is 30.3 Å². The van der Waals surface area contributed by atoms with E-state index in [1.165, 1.54) is 12.1 Å². The summed E-state index contributed by atoms with van der Waals surface area (Å²) in [6.45, 7) is 6.38. The number of hydrogen-bond donors (Lipinski definition) is 2. The first-order valence-electron chi connectivity index (χ1n) is 12.6. The summed E-state index contributed by atoms with van der Waals surface area (Å²) < 4.78 is 19.4. The van der Waals surface area contributed by atoms with Crippen LogP contribution in [0, 0.1) is 5.82 Å². The van der Waals surface area contributed by atoms with Crippen LogP contribution in [0.15, 0.2) is 66.9 Å². The van der Waals surface area contributed by atoms with Crippen molar-refractivity contribution in [3.8, 4) is 5.75 Å². The van der Waals surface area contributed by atoms with E-state index in [9.17, 15) is 14.6 Å². The fourth-order valence-corrected chi connectivity index (χ4v) is 5.14. The van der Waals surface area contributed by atoms with Gasteiger partial charge in [-0.05, 0) is 80.1 Å². The minimum atomic E-state index is -0.959. The molecule has 0 unspecified atom stereocenters. The predicted molar refractivity (Wildman–Crippen MR) is 138 cm³/mol. The summed E-state index contributed by atoms with van der Waals surface area (Å²) in [5.74, 6) is 0.499. The van der Waals surface area contributed by atoms with Crippen molar-refractivity contribution in [1.82, 2.24) is 9.88 Å². The standard InChI is InChI=1S/C30H33FN2O3/c1-29(2,34)22-9-12-28-26(19-22)24(25-5-3-15-32-27(25)20-36-28)6-4-16-33-17-13-30(35,14-18-33)21-7-10-23(31)11-8-21/h3,5-12,15,19,34-35H,4,13-14,16-18,20H2,1-2H3/b24-6+. The zero-order chi connectivity index (χ0) is 25.3. The molecule has 2 aliphatic rings. The van der Waals surface area contributed by atoms with E-state index in [0.29, 0.717) is 19.4 Å². The first-order valence-corrected chi connectivity index (χ1v) is 12.6. The molecule has 6 heteroatoms. The number of pyridine rings is 1. The Kier molecular flexibility index (Phi) is 6.68. The van der Waals surface area contributed by atoms with E-state index in [2.05, 4.69) is 22.0 Å². The van der Waals surface area contributed by atoms with Gasteiger partial charge >= 0.3 is 0 Å². The van der Waals surface area contributed by atoms with Gasteiger partial charge in [0.15, 0.2) is 0 Å². The SMILES string of the molecule is CC(C)(O)c1ccc2c(c1)/C(=C/CCN1CCC(O)(c3ccc(F)cc3)CC1)c1cccnc1CO2. The van der Waals surface area contributed by atoms with Gasteiger partial charge in [-0.2, -0.15) is 0 Å². The molecule has 0 amide bonds. The number of benzene rings is 2. The van der Waals surface area contributed by atoms with Crippen molar-refractivity contribution >= 4 is 5.57 Å². The number of hydrogen-bond acceptors (Lipinski definition) is 5. The van der Waals surface area contributed by atoms with Crippen LogP contribution >= 0.6 is 0 Å². The highest BCUT2D eigenvalue weighted by atomic mass is 19.1. The summed E-state index contributed by atoms with van der Waals surface area (Å²) in [5, 5.41) is 21.7. The average Bonchev–Trinajstić information content (AvgIpc) is 3.02. The lowest BCUT2D eigenvalue weighted by molar-refractivity contribution is -0.0254. The molecular weight excluding hydrogens is 455 g/mol. The number of aliphatic hydroxyl groups is 2. The van der Waals surface area contributed by atoms with Crippen LogP contribution in [-0.4, -0.2) is 39.7 Å². The molecule has 0 spiro atoms. The van der Waals surface area contributed by atoms with Crippen molar-refractivity contribution in [1.29, 1.82) is 0 Å². The quantitative estimate of drug-likeness (QED) is 0.520. The molecular formula is C30H33FN2O3. The normalized spacial score (nSPS) is 18.8. The Hall–Kier alpha value is -3.06. The van der Waals surface area contributed by atoms with Crippen molar-refractivity contribution in [3.05, 3.63) is 101 Å². The number of halogens is 1. The molecule has 188 valence electrons. The van der Waals surface area contributed by atoms with Crippen LogP contribution in [0.25, 0.3) is 5.57 Å². The van der Waals surface area contributed by atoms with Gasteiger partial charge in [0, 0.05) is 37.0 Å². The van der Waals surface area contributed by atoms with E-state index in [1.807, 2.05) is 24.3 Å². The predicted octanol–water partition coefficient (Wildman–Crippen LogP) is 5.15. The van der Waals surface area contributed by atoms with Crippen LogP contribution in [0.3, 0.4) is 0 Å². The summed E-state index contributed by atoms with van der Waals surface area (Å²) >= 11 is 0. The number of ether oxygens (including phenoxy) is 1. The van der Waals surface area contributed by atoms with Gasteiger partial charge in [0.2, 0.25) is 0 Å². The van der Waals surface area contributed by atoms with Crippen molar-refractivity contribution in [3.63, 3.8) is 0 Å². The lowest BCUT2D eigenvalue weighted by Crippen LogP contribution is -2.42. The highest BCUT2D eigenvalue weighted by Crippen LogP contribution is 2.39. The zero-order valence-corrected chi connectivity index (χ0v) is 20.9. The first kappa shape index (κ1) is 24.6. The van der Waals surface area contributed by atoms with Crippen molar-refractivity contribution < 1.29 is 19.3 Å². The summed E-state index contributed by atoms with van der Waals surface area (Å²) in [5.41, 5.74) is 3.73. The minimum Gasteiger partial charge on any atom is -0.487 e. The van der Waals surface area contributed by atoms with Gasteiger partial charge in [0.05, 0.1) is 16.9 Å². The van der Waals surface area contributed by atoms with Crippen LogP contribution in [0.1, 0.15) is 61.1 Å². The molecule has 36 heavy (non-hydrogen) atoms. The molecule has 2 aromatic carbocycles. The van der Waals surface area contributed by atoms with Crippen LogP contribution in [-0.2, 0) is 17.8 Å². The Bertz CT molecular complexity index is 1260. The highest BCUT2D eigenvalue weighted by Gasteiger charge is 2.33. The Morgan fingerprint density at radius 2 is 1.83 bits per heavy atom. The van der Waals surface area contributed by atoms with Gasteiger partial charge in [0.25, 0.3) is 0 Å². The fraction of sp³-hybridized carbons (Fsp3) is 0.367. The molecule has 2 N–H and O–H groups in total. The second-order valence-corrected chi connectivity index (χ2v) is 10.3. The summed E-state index contributed by atoms with van der Waals surface area (Å²) in [4.78, 5) is 6.92. The maximum atomic E-state index is 13.3. The summed E-state index contributed by atoms with van der Waals surface area (Å²) in [6.07, 6.45) is 6.09. The third kappa shape index (κ3) is 5.07. The Labute approximate surface area is 211 Å². The van der Waals surface area contributed by atoms with E-state index < -0.39 is 11.2 Å². The lowest BCUT2D eigenvalue weighted by Gasteiger charge is -2.38. The summed E-state index contributed by atoms with van der Waals surface area (Å²) in [6, 6.07) is 16.1. The second kappa shape index (κ2) is 9.77. The third-order valence-corrected chi connectivity index (χ3v) is 7.38. The monoisotopic (exact) mass is 488 g/mol. The molecule has 0 atom stereocenters. The third-order valence-electron chi connectivity index (χ3n) is 7.38. The van der Waals surface area contributed by atoms with Crippen LogP contribution in [0.4, 0.5) is 4.39 Å². The summed E-state index contributed by atoms with van der Waals surface area (Å²) in [7, 11) is 0. The van der Waals surface area contributed by atoms with Gasteiger partial charge in [0.1, 0.15) is 18.2 Å². The van der Waals surface area contributed by atoms with Crippen LogP contribution in [0.5, 0.6) is 5.75 Å². The smallest absolute Gasteiger partial charge is 0.131 e. The van der Waals surface area contributed by atoms with Gasteiger partial charge in [-0.3, -0.25) is 4.98 Å². The molecule has 0 radical (unpaired) electrons. The molecule has 1 aromatic heterocycles.